The average Bonchev–Trinajstić information content (AvgIpc) is 2.42. The maximum Gasteiger partial charge on any atom is 0.0621 e. The van der Waals surface area contributed by atoms with Crippen molar-refractivity contribution in [3.8, 4) is 6.07 Å². The minimum absolute atomic E-state index is 0.162. The molecule has 0 saturated carbocycles. The van der Waals surface area contributed by atoms with Gasteiger partial charge in [0.25, 0.3) is 0 Å². The minimum atomic E-state index is 0.162. The standard InChI is InChI=1S/C19H30N2/c1-15(21-14-19(5,6)12-7-13-20)16-8-10-17(11-9-16)18(2,3)4/h8-11,15,21H,7,12,14H2,1-6H3. The van der Waals surface area contributed by atoms with Crippen LogP contribution in [0.5, 0.6) is 0 Å². The molecule has 0 amide bonds. The van der Waals surface area contributed by atoms with Crippen LogP contribution in [0.3, 0.4) is 0 Å². The Balaban J connectivity index is 2.60. The Hall–Kier alpha value is -1.33. The highest BCUT2D eigenvalue weighted by atomic mass is 14.9. The first kappa shape index (κ1) is 17.7. The van der Waals surface area contributed by atoms with E-state index in [9.17, 15) is 0 Å². The van der Waals surface area contributed by atoms with Gasteiger partial charge in [0.1, 0.15) is 0 Å². The van der Waals surface area contributed by atoms with Gasteiger partial charge in [0, 0.05) is 19.0 Å². The topological polar surface area (TPSA) is 35.8 Å². The Labute approximate surface area is 130 Å². The van der Waals surface area contributed by atoms with E-state index in [2.05, 4.69) is 77.2 Å². The maximum atomic E-state index is 8.71. The molecule has 0 spiro atoms. The molecule has 21 heavy (non-hydrogen) atoms. The Kier molecular flexibility index (Phi) is 5.98. The molecule has 1 unspecified atom stereocenters. The van der Waals surface area contributed by atoms with Gasteiger partial charge in [0.05, 0.1) is 6.07 Å². The van der Waals surface area contributed by atoms with Crippen LogP contribution >= 0.6 is 0 Å². The molecule has 1 aromatic carbocycles. The van der Waals surface area contributed by atoms with Crippen LogP contribution in [0, 0.1) is 16.7 Å². The predicted octanol–water partition coefficient (Wildman–Crippen LogP) is 4.96. The molecule has 2 heteroatoms. The molecule has 1 aromatic rings. The van der Waals surface area contributed by atoms with E-state index in [4.69, 9.17) is 5.26 Å². The van der Waals surface area contributed by atoms with Crippen molar-refractivity contribution in [2.75, 3.05) is 6.54 Å². The molecule has 116 valence electrons. The van der Waals surface area contributed by atoms with E-state index in [-0.39, 0.29) is 10.8 Å². The highest BCUT2D eigenvalue weighted by molar-refractivity contribution is 5.29. The van der Waals surface area contributed by atoms with Gasteiger partial charge in [0.15, 0.2) is 0 Å². The lowest BCUT2D eigenvalue weighted by Gasteiger charge is -2.27. The lowest BCUT2D eigenvalue weighted by Crippen LogP contribution is -2.31. The molecular weight excluding hydrogens is 256 g/mol. The van der Waals surface area contributed by atoms with E-state index in [1.54, 1.807) is 0 Å². The van der Waals surface area contributed by atoms with Gasteiger partial charge < -0.3 is 5.32 Å². The van der Waals surface area contributed by atoms with Gasteiger partial charge in [-0.1, -0.05) is 58.9 Å². The Morgan fingerprint density at radius 3 is 2.14 bits per heavy atom. The van der Waals surface area contributed by atoms with Gasteiger partial charge in [0.2, 0.25) is 0 Å². The second-order valence-corrected chi connectivity index (χ2v) is 7.80. The summed E-state index contributed by atoms with van der Waals surface area (Å²) in [5.41, 5.74) is 3.05. The van der Waals surface area contributed by atoms with Gasteiger partial charge >= 0.3 is 0 Å². The molecular formula is C19H30N2. The number of hydrogen-bond acceptors (Lipinski definition) is 2. The van der Waals surface area contributed by atoms with Gasteiger partial charge in [-0.3, -0.25) is 0 Å². The Bertz CT molecular complexity index is 472. The lowest BCUT2D eigenvalue weighted by molar-refractivity contribution is 0.305. The van der Waals surface area contributed by atoms with E-state index >= 15 is 0 Å². The lowest BCUT2D eigenvalue weighted by atomic mass is 9.86. The van der Waals surface area contributed by atoms with Gasteiger partial charge in [-0.25, -0.2) is 0 Å². The largest absolute Gasteiger partial charge is 0.310 e. The van der Waals surface area contributed by atoms with E-state index in [1.807, 2.05) is 0 Å². The van der Waals surface area contributed by atoms with Crippen molar-refractivity contribution in [2.45, 2.75) is 65.8 Å². The summed E-state index contributed by atoms with van der Waals surface area (Å²) in [6.07, 6.45) is 1.57. The van der Waals surface area contributed by atoms with Crippen LogP contribution < -0.4 is 5.32 Å². The van der Waals surface area contributed by atoms with E-state index < -0.39 is 0 Å². The highest BCUT2D eigenvalue weighted by Crippen LogP contribution is 2.25. The molecule has 1 rings (SSSR count). The molecule has 1 N–H and O–H groups in total. The molecule has 0 aromatic heterocycles. The molecule has 0 fully saturated rings. The molecule has 0 radical (unpaired) electrons. The third-order valence-electron chi connectivity index (χ3n) is 4.08. The first-order valence-electron chi connectivity index (χ1n) is 7.86. The molecule has 1 atom stereocenters. The molecule has 0 heterocycles. The summed E-state index contributed by atoms with van der Waals surface area (Å²) in [5, 5.41) is 12.3. The van der Waals surface area contributed by atoms with Crippen molar-refractivity contribution in [1.29, 1.82) is 5.26 Å². The van der Waals surface area contributed by atoms with Crippen molar-refractivity contribution in [3.63, 3.8) is 0 Å². The number of nitriles is 1. The summed E-state index contributed by atoms with van der Waals surface area (Å²) in [6, 6.07) is 11.5. The van der Waals surface area contributed by atoms with Gasteiger partial charge in [-0.2, -0.15) is 5.26 Å². The zero-order chi connectivity index (χ0) is 16.1. The summed E-state index contributed by atoms with van der Waals surface area (Å²) in [6.45, 7) is 14.3. The van der Waals surface area contributed by atoms with Gasteiger partial charge in [-0.15, -0.1) is 0 Å². The van der Waals surface area contributed by atoms with E-state index in [0.717, 1.165) is 13.0 Å². The van der Waals surface area contributed by atoms with Crippen molar-refractivity contribution < 1.29 is 0 Å². The Morgan fingerprint density at radius 2 is 1.67 bits per heavy atom. The average molecular weight is 286 g/mol. The molecule has 0 aliphatic rings. The molecule has 0 saturated heterocycles. The van der Waals surface area contributed by atoms with Crippen molar-refractivity contribution >= 4 is 0 Å². The van der Waals surface area contributed by atoms with Crippen molar-refractivity contribution in [1.82, 2.24) is 5.32 Å². The molecule has 0 bridgehead atoms. The molecule has 2 nitrogen and oxygen atoms in total. The summed E-state index contributed by atoms with van der Waals surface area (Å²) in [7, 11) is 0. The second-order valence-electron chi connectivity index (χ2n) is 7.80. The fourth-order valence-corrected chi connectivity index (χ4v) is 2.30. The quantitative estimate of drug-likeness (QED) is 0.802. The maximum absolute atomic E-state index is 8.71. The van der Waals surface area contributed by atoms with Crippen LogP contribution in [0.25, 0.3) is 0 Å². The van der Waals surface area contributed by atoms with Crippen LogP contribution in [-0.4, -0.2) is 6.54 Å². The number of nitrogens with zero attached hydrogens (tertiary/aromatic N) is 1. The SMILES string of the molecule is CC(NCC(C)(C)CCC#N)c1ccc(C(C)(C)C)cc1. The van der Waals surface area contributed by atoms with E-state index in [0.29, 0.717) is 12.5 Å². The number of rotatable bonds is 6. The van der Waals surface area contributed by atoms with Gasteiger partial charge in [-0.05, 0) is 35.3 Å². The van der Waals surface area contributed by atoms with Crippen LogP contribution in [0.15, 0.2) is 24.3 Å². The number of hydrogen-bond donors (Lipinski definition) is 1. The minimum Gasteiger partial charge on any atom is -0.310 e. The normalized spacial score (nSPS) is 13.8. The first-order chi connectivity index (χ1) is 9.65. The third-order valence-corrected chi connectivity index (χ3v) is 4.08. The summed E-state index contributed by atoms with van der Waals surface area (Å²) in [5.74, 6) is 0. The Morgan fingerprint density at radius 1 is 1.10 bits per heavy atom. The predicted molar refractivity (Wildman–Crippen MR) is 90.2 cm³/mol. The zero-order valence-electron chi connectivity index (χ0n) is 14.5. The number of nitrogens with one attached hydrogen (secondary N) is 1. The molecule has 0 aliphatic carbocycles. The smallest absolute Gasteiger partial charge is 0.0621 e. The monoisotopic (exact) mass is 286 g/mol. The van der Waals surface area contributed by atoms with Crippen LogP contribution in [0.4, 0.5) is 0 Å². The summed E-state index contributed by atoms with van der Waals surface area (Å²) >= 11 is 0. The van der Waals surface area contributed by atoms with Crippen molar-refractivity contribution in [3.05, 3.63) is 35.4 Å². The van der Waals surface area contributed by atoms with Crippen LogP contribution in [0.1, 0.15) is 71.6 Å². The second kappa shape index (κ2) is 7.09. The zero-order valence-corrected chi connectivity index (χ0v) is 14.5. The summed E-state index contributed by atoms with van der Waals surface area (Å²) < 4.78 is 0. The summed E-state index contributed by atoms with van der Waals surface area (Å²) in [4.78, 5) is 0. The molecule has 0 aliphatic heterocycles. The third kappa shape index (κ3) is 5.89. The fourth-order valence-electron chi connectivity index (χ4n) is 2.30. The van der Waals surface area contributed by atoms with Crippen molar-refractivity contribution in [2.24, 2.45) is 5.41 Å². The van der Waals surface area contributed by atoms with E-state index in [1.165, 1.54) is 11.1 Å². The number of benzene rings is 1. The van der Waals surface area contributed by atoms with Crippen LogP contribution in [0.2, 0.25) is 0 Å². The van der Waals surface area contributed by atoms with Crippen LogP contribution in [-0.2, 0) is 5.41 Å². The fraction of sp³-hybridized carbons (Fsp3) is 0.632. The first-order valence-corrected chi connectivity index (χ1v) is 7.86. The highest BCUT2D eigenvalue weighted by Gasteiger charge is 2.19.